The number of aryl methyl sites for hydroxylation is 2. The van der Waals surface area contributed by atoms with E-state index in [9.17, 15) is 0 Å². The summed E-state index contributed by atoms with van der Waals surface area (Å²) in [5.41, 5.74) is 4.82. The Morgan fingerprint density at radius 3 is 1.32 bits per heavy atom. The highest BCUT2D eigenvalue weighted by Crippen LogP contribution is 2.21. The maximum atomic E-state index is 2.29. The van der Waals surface area contributed by atoms with Crippen molar-refractivity contribution in [1.29, 1.82) is 0 Å². The summed E-state index contributed by atoms with van der Waals surface area (Å²) in [6.45, 7) is 15.9. The van der Waals surface area contributed by atoms with Gasteiger partial charge in [-0.15, -0.1) is 0 Å². The first-order chi connectivity index (χ1) is 16.2. The van der Waals surface area contributed by atoms with Crippen LogP contribution in [0.3, 0.4) is 0 Å². The smallest absolute Gasteiger partial charge is 0.0256 e. The Hall–Kier alpha value is -2.34. The zero-order valence-electron chi connectivity index (χ0n) is 23.1. The Morgan fingerprint density at radius 1 is 0.529 bits per heavy atom. The van der Waals surface area contributed by atoms with E-state index in [-0.39, 0.29) is 0 Å². The second-order valence-electron chi connectivity index (χ2n) is 11.4. The van der Waals surface area contributed by atoms with Gasteiger partial charge in [0.25, 0.3) is 0 Å². The van der Waals surface area contributed by atoms with Gasteiger partial charge in [0.2, 0.25) is 0 Å². The average Bonchev–Trinajstić information content (AvgIpc) is 2.80. The molecule has 0 amide bonds. The minimum absolute atomic E-state index is 0.454. The van der Waals surface area contributed by atoms with Crippen molar-refractivity contribution in [3.63, 3.8) is 0 Å². The maximum Gasteiger partial charge on any atom is -0.0256 e. The van der Waals surface area contributed by atoms with Crippen molar-refractivity contribution in [2.24, 2.45) is 17.3 Å². The van der Waals surface area contributed by atoms with Crippen molar-refractivity contribution in [1.82, 2.24) is 0 Å². The minimum atomic E-state index is 0.454. The summed E-state index contributed by atoms with van der Waals surface area (Å²) in [7, 11) is 0. The molecule has 3 aromatic rings. The van der Waals surface area contributed by atoms with Crippen LogP contribution >= 0.6 is 0 Å². The molecule has 3 aromatic carbocycles. The van der Waals surface area contributed by atoms with E-state index in [4.69, 9.17) is 0 Å². The number of benzene rings is 3. The Balaban J connectivity index is 0.000000256. The summed E-state index contributed by atoms with van der Waals surface area (Å²) in [5.74, 6) is 1.61. The molecule has 0 heterocycles. The van der Waals surface area contributed by atoms with Gasteiger partial charge in [-0.05, 0) is 66.0 Å². The van der Waals surface area contributed by atoms with E-state index in [0.717, 1.165) is 11.8 Å². The molecule has 0 aliphatic heterocycles. The molecule has 0 atom stereocenters. The Kier molecular flexibility index (Phi) is 15.0. The molecule has 0 aliphatic carbocycles. The van der Waals surface area contributed by atoms with Crippen LogP contribution in [-0.2, 0) is 19.3 Å². The molecule has 0 aromatic heterocycles. The van der Waals surface area contributed by atoms with Gasteiger partial charge < -0.3 is 0 Å². The van der Waals surface area contributed by atoms with Gasteiger partial charge in [0.1, 0.15) is 0 Å². The molecule has 0 saturated carbocycles. The number of rotatable bonds is 8. The molecule has 0 saturated heterocycles. The highest BCUT2D eigenvalue weighted by molar-refractivity contribution is 5.16. The first-order valence-corrected chi connectivity index (χ1v) is 13.3. The lowest BCUT2D eigenvalue weighted by Crippen LogP contribution is -2.06. The molecule has 34 heavy (non-hydrogen) atoms. The standard InChI is InChI=1S/2C12H18.C10H14/c1-12(2,3)10-9-11-7-5-4-6-8-11;1-11(2)7-6-10-12-8-4-3-5-9-12;1-9(2)8-10-6-4-3-5-7-10/h4-8H,9-10H2,1-3H3;3-5,8-9,11H,6-7,10H2,1-2H3;3-7,9H,8H2,1-2H3. The molecule has 0 spiro atoms. The number of hydrogen-bond acceptors (Lipinski definition) is 0. The van der Waals surface area contributed by atoms with Gasteiger partial charge in [-0.3, -0.25) is 0 Å². The van der Waals surface area contributed by atoms with E-state index in [1.807, 2.05) is 0 Å². The van der Waals surface area contributed by atoms with Crippen molar-refractivity contribution in [3.8, 4) is 0 Å². The maximum absolute atomic E-state index is 2.29. The highest BCUT2D eigenvalue weighted by atomic mass is 14.1. The molecular formula is C34H50. The Labute approximate surface area is 211 Å². The summed E-state index contributed by atoms with van der Waals surface area (Å²) in [4.78, 5) is 0. The third-order valence-corrected chi connectivity index (χ3v) is 5.58. The van der Waals surface area contributed by atoms with Crippen LogP contribution in [0.15, 0.2) is 91.0 Å². The lowest BCUT2D eigenvalue weighted by atomic mass is 9.89. The van der Waals surface area contributed by atoms with Crippen molar-refractivity contribution in [3.05, 3.63) is 108 Å². The molecule has 0 unspecified atom stereocenters. The predicted octanol–water partition coefficient (Wildman–Crippen LogP) is 10.2. The molecule has 3 rings (SSSR count). The van der Waals surface area contributed by atoms with Gasteiger partial charge in [-0.2, -0.15) is 0 Å². The van der Waals surface area contributed by atoms with Crippen LogP contribution in [-0.4, -0.2) is 0 Å². The van der Waals surface area contributed by atoms with Gasteiger partial charge in [-0.25, -0.2) is 0 Å². The fourth-order valence-electron chi connectivity index (χ4n) is 3.61. The summed E-state index contributed by atoms with van der Waals surface area (Å²) in [6.07, 6.45) is 7.55. The summed E-state index contributed by atoms with van der Waals surface area (Å²) >= 11 is 0. The first kappa shape index (κ1) is 29.7. The lowest BCUT2D eigenvalue weighted by molar-refractivity contribution is 0.378. The van der Waals surface area contributed by atoms with Crippen molar-refractivity contribution < 1.29 is 0 Å². The van der Waals surface area contributed by atoms with Crippen LogP contribution in [0, 0.1) is 17.3 Å². The second-order valence-corrected chi connectivity index (χ2v) is 11.4. The monoisotopic (exact) mass is 458 g/mol. The molecule has 0 radical (unpaired) electrons. The molecule has 0 heteroatoms. The van der Waals surface area contributed by atoms with Crippen molar-refractivity contribution >= 4 is 0 Å². The van der Waals surface area contributed by atoms with Crippen LogP contribution < -0.4 is 0 Å². The molecule has 0 bridgehead atoms. The zero-order chi connectivity index (χ0) is 25.2. The van der Waals surface area contributed by atoms with E-state index in [1.165, 1.54) is 55.2 Å². The molecule has 0 aliphatic rings. The van der Waals surface area contributed by atoms with E-state index in [0.29, 0.717) is 5.41 Å². The molecule has 0 fully saturated rings. The fraction of sp³-hybridized carbons (Fsp3) is 0.471. The average molecular weight is 459 g/mol. The molecular weight excluding hydrogens is 408 g/mol. The largest absolute Gasteiger partial charge is 0.0628 e. The summed E-state index contributed by atoms with van der Waals surface area (Å²) in [6, 6.07) is 32.0. The van der Waals surface area contributed by atoms with Gasteiger partial charge in [0.05, 0.1) is 0 Å². The van der Waals surface area contributed by atoms with Crippen LogP contribution in [0.25, 0.3) is 0 Å². The van der Waals surface area contributed by atoms with Gasteiger partial charge in [-0.1, -0.05) is 146 Å². The predicted molar refractivity (Wildman–Crippen MR) is 153 cm³/mol. The normalized spacial score (nSPS) is 10.9. The minimum Gasteiger partial charge on any atom is -0.0628 e. The lowest BCUT2D eigenvalue weighted by Gasteiger charge is -2.17. The second kappa shape index (κ2) is 17.1. The third-order valence-electron chi connectivity index (χ3n) is 5.58. The first-order valence-electron chi connectivity index (χ1n) is 13.3. The molecule has 0 N–H and O–H groups in total. The van der Waals surface area contributed by atoms with E-state index < -0.39 is 0 Å². The van der Waals surface area contributed by atoms with E-state index in [2.05, 4.69) is 139 Å². The Morgan fingerprint density at radius 2 is 0.941 bits per heavy atom. The highest BCUT2D eigenvalue weighted by Gasteiger charge is 2.09. The summed E-state index contributed by atoms with van der Waals surface area (Å²) < 4.78 is 0. The Bertz CT molecular complexity index is 823. The van der Waals surface area contributed by atoms with Crippen molar-refractivity contribution in [2.75, 3.05) is 0 Å². The quantitative estimate of drug-likeness (QED) is 0.315. The SMILES string of the molecule is CC(C)(C)CCc1ccccc1.CC(C)CCCc1ccccc1.CC(C)Cc1ccccc1. The number of hydrogen-bond donors (Lipinski definition) is 0. The van der Waals surface area contributed by atoms with Crippen LogP contribution in [0.1, 0.15) is 84.4 Å². The van der Waals surface area contributed by atoms with Crippen LogP contribution in [0.2, 0.25) is 0 Å². The van der Waals surface area contributed by atoms with E-state index in [1.54, 1.807) is 0 Å². The molecule has 186 valence electrons. The third kappa shape index (κ3) is 17.2. The topological polar surface area (TPSA) is 0 Å². The van der Waals surface area contributed by atoms with Crippen molar-refractivity contribution in [2.45, 2.75) is 87.0 Å². The zero-order valence-corrected chi connectivity index (χ0v) is 23.1. The van der Waals surface area contributed by atoms with Gasteiger partial charge >= 0.3 is 0 Å². The van der Waals surface area contributed by atoms with E-state index >= 15 is 0 Å². The van der Waals surface area contributed by atoms with Gasteiger partial charge in [0, 0.05) is 0 Å². The van der Waals surface area contributed by atoms with Crippen LogP contribution in [0.4, 0.5) is 0 Å². The molecule has 0 nitrogen and oxygen atoms in total. The fourth-order valence-corrected chi connectivity index (χ4v) is 3.61. The van der Waals surface area contributed by atoms with Gasteiger partial charge in [0.15, 0.2) is 0 Å². The summed E-state index contributed by atoms with van der Waals surface area (Å²) in [5, 5.41) is 0. The van der Waals surface area contributed by atoms with Crippen LogP contribution in [0.5, 0.6) is 0 Å².